The Balaban J connectivity index is 1.73. The molecule has 8 heteroatoms. The molecule has 1 aromatic rings. The van der Waals surface area contributed by atoms with Gasteiger partial charge in [0.1, 0.15) is 6.04 Å². The Bertz CT molecular complexity index is 646. The monoisotopic (exact) mass is 417 g/mol. The van der Waals surface area contributed by atoms with E-state index in [0.717, 1.165) is 57.8 Å². The lowest BCUT2D eigenvalue weighted by molar-refractivity contribution is -0.121. The van der Waals surface area contributed by atoms with Gasteiger partial charge in [-0.1, -0.05) is 45.4 Å². The van der Waals surface area contributed by atoms with Crippen LogP contribution in [0.3, 0.4) is 0 Å². The molecule has 3 N–H and O–H groups in total. The minimum absolute atomic E-state index is 0.0368. The third-order valence-corrected chi connectivity index (χ3v) is 5.91. The van der Waals surface area contributed by atoms with Gasteiger partial charge in [0.05, 0.1) is 0 Å². The van der Waals surface area contributed by atoms with Crippen molar-refractivity contribution in [1.82, 2.24) is 20.3 Å². The molecule has 30 heavy (non-hydrogen) atoms. The van der Waals surface area contributed by atoms with Gasteiger partial charge in [0.15, 0.2) is 0 Å². The molecule has 2 fully saturated rings. The second-order valence-corrected chi connectivity index (χ2v) is 8.51. The van der Waals surface area contributed by atoms with E-state index >= 15 is 0 Å². The molecule has 3 rings (SSSR count). The highest BCUT2D eigenvalue weighted by molar-refractivity contribution is 5.84. The van der Waals surface area contributed by atoms with Crippen LogP contribution in [-0.4, -0.2) is 53.1 Å². The lowest BCUT2D eigenvalue weighted by Crippen LogP contribution is -2.38. The largest absolute Gasteiger partial charge is 0.354 e. The molecule has 1 atom stereocenters. The molecule has 2 aliphatic heterocycles. The first-order chi connectivity index (χ1) is 14.8. The van der Waals surface area contributed by atoms with Crippen LogP contribution in [-0.2, 0) is 4.79 Å². The molecule has 2 saturated heterocycles. The van der Waals surface area contributed by atoms with E-state index in [1.165, 1.54) is 51.4 Å². The van der Waals surface area contributed by atoms with Crippen LogP contribution < -0.4 is 20.9 Å². The lowest BCUT2D eigenvalue weighted by atomic mass is 10.1. The van der Waals surface area contributed by atoms with Crippen LogP contribution in [0, 0.1) is 0 Å². The number of hydrogen-bond acceptors (Lipinski definition) is 7. The van der Waals surface area contributed by atoms with E-state index in [1.54, 1.807) is 0 Å². The highest BCUT2D eigenvalue weighted by Gasteiger charge is 2.23. The zero-order chi connectivity index (χ0) is 21.0. The number of nitrogens with one attached hydrogen (secondary N) is 3. The van der Waals surface area contributed by atoms with Crippen molar-refractivity contribution in [3.63, 3.8) is 0 Å². The number of carbonyl (C=O) groups excluding carboxylic acids is 1. The van der Waals surface area contributed by atoms with Crippen LogP contribution in [0.25, 0.3) is 0 Å². The molecule has 0 radical (unpaired) electrons. The van der Waals surface area contributed by atoms with Crippen LogP contribution in [0.1, 0.15) is 84.0 Å². The first-order valence-corrected chi connectivity index (χ1v) is 12.1. The molecule has 8 nitrogen and oxygen atoms in total. The molecule has 3 heterocycles. The molecule has 1 unspecified atom stereocenters. The summed E-state index contributed by atoms with van der Waals surface area (Å²) in [6.45, 7) is 5.77. The van der Waals surface area contributed by atoms with Gasteiger partial charge < -0.3 is 20.9 Å². The number of nitrogens with zero attached hydrogens (tertiary/aromatic N) is 4. The van der Waals surface area contributed by atoms with Crippen LogP contribution in [0.2, 0.25) is 0 Å². The van der Waals surface area contributed by atoms with Gasteiger partial charge in [0, 0.05) is 26.2 Å². The topological polar surface area (TPSA) is 95.1 Å². The first kappa shape index (κ1) is 22.6. The van der Waals surface area contributed by atoms with E-state index in [2.05, 4.69) is 32.8 Å². The molecule has 2 aliphatic rings. The number of carbonyl (C=O) groups is 1. The van der Waals surface area contributed by atoms with Gasteiger partial charge in [-0.3, -0.25) is 4.79 Å². The van der Waals surface area contributed by atoms with Gasteiger partial charge in [0.25, 0.3) is 0 Å². The Morgan fingerprint density at radius 3 is 2.50 bits per heavy atom. The fraction of sp³-hybridized carbons (Fsp3) is 0.818. The molecule has 1 aromatic heterocycles. The molecule has 0 aliphatic carbocycles. The van der Waals surface area contributed by atoms with Gasteiger partial charge in [-0.15, -0.1) is 0 Å². The quantitative estimate of drug-likeness (QED) is 0.527. The minimum Gasteiger partial charge on any atom is -0.354 e. The maximum atomic E-state index is 12.4. The third-order valence-electron chi connectivity index (χ3n) is 5.91. The third kappa shape index (κ3) is 7.29. The summed E-state index contributed by atoms with van der Waals surface area (Å²) in [4.78, 5) is 28.7. The second-order valence-electron chi connectivity index (χ2n) is 8.51. The molecule has 0 aromatic carbocycles. The van der Waals surface area contributed by atoms with Crippen LogP contribution in [0.15, 0.2) is 0 Å². The van der Waals surface area contributed by atoms with Gasteiger partial charge in [0.2, 0.25) is 23.8 Å². The van der Waals surface area contributed by atoms with Crippen molar-refractivity contribution >= 4 is 23.8 Å². The number of rotatable bonds is 9. The summed E-state index contributed by atoms with van der Waals surface area (Å²) in [6, 6.07) is -0.285. The Labute approximate surface area is 181 Å². The fourth-order valence-electron chi connectivity index (χ4n) is 4.08. The predicted octanol–water partition coefficient (Wildman–Crippen LogP) is 3.71. The maximum Gasteiger partial charge on any atom is 0.242 e. The smallest absolute Gasteiger partial charge is 0.242 e. The standard InChI is InChI=1S/C22H39N7O/c1-2-3-4-9-15-24-20-26-21(25-18-13-8-10-14-23-19(18)30)28-22(27-20)29-16-11-6-5-7-12-17-29/h18H,2-17H2,1H3,(H,23,30)(H2,24,25,26,27,28). The molecule has 1 amide bonds. The maximum absolute atomic E-state index is 12.4. The van der Waals surface area contributed by atoms with Crippen LogP contribution in [0.5, 0.6) is 0 Å². The van der Waals surface area contributed by atoms with E-state index < -0.39 is 0 Å². The first-order valence-electron chi connectivity index (χ1n) is 12.1. The molecular weight excluding hydrogens is 378 g/mol. The molecule has 0 saturated carbocycles. The van der Waals surface area contributed by atoms with Crippen molar-refractivity contribution in [1.29, 1.82) is 0 Å². The summed E-state index contributed by atoms with van der Waals surface area (Å²) in [5.74, 6) is 1.87. The van der Waals surface area contributed by atoms with Gasteiger partial charge >= 0.3 is 0 Å². The van der Waals surface area contributed by atoms with Crippen molar-refractivity contribution in [2.24, 2.45) is 0 Å². The van der Waals surface area contributed by atoms with Crippen molar-refractivity contribution < 1.29 is 4.79 Å². The van der Waals surface area contributed by atoms with Crippen molar-refractivity contribution in [3.8, 4) is 0 Å². The summed E-state index contributed by atoms with van der Waals surface area (Å²) < 4.78 is 0. The van der Waals surface area contributed by atoms with Crippen LogP contribution in [0.4, 0.5) is 17.8 Å². The summed E-state index contributed by atoms with van der Waals surface area (Å²) in [5.41, 5.74) is 0. The SMILES string of the molecule is CCCCCCNc1nc(NC2CCCCNC2=O)nc(N2CCCCCCC2)n1. The zero-order valence-electron chi connectivity index (χ0n) is 18.6. The summed E-state index contributed by atoms with van der Waals surface area (Å²) >= 11 is 0. The van der Waals surface area contributed by atoms with Crippen LogP contribution >= 0.6 is 0 Å². The van der Waals surface area contributed by atoms with Gasteiger partial charge in [-0.05, 0) is 38.5 Å². The predicted molar refractivity (Wildman–Crippen MR) is 122 cm³/mol. The van der Waals surface area contributed by atoms with E-state index in [9.17, 15) is 4.79 Å². The van der Waals surface area contributed by atoms with E-state index in [1.807, 2.05) is 0 Å². The highest BCUT2D eigenvalue weighted by atomic mass is 16.2. The summed E-state index contributed by atoms with van der Waals surface area (Å²) in [5, 5.41) is 9.65. The van der Waals surface area contributed by atoms with E-state index in [-0.39, 0.29) is 11.9 Å². The average molecular weight is 418 g/mol. The van der Waals surface area contributed by atoms with Crippen molar-refractivity contribution in [2.45, 2.75) is 90.0 Å². The van der Waals surface area contributed by atoms with Crippen molar-refractivity contribution in [3.05, 3.63) is 0 Å². The highest BCUT2D eigenvalue weighted by Crippen LogP contribution is 2.20. The number of amides is 1. The van der Waals surface area contributed by atoms with Gasteiger partial charge in [-0.2, -0.15) is 15.0 Å². The molecular formula is C22H39N7O. The summed E-state index contributed by atoms with van der Waals surface area (Å²) in [7, 11) is 0. The zero-order valence-corrected chi connectivity index (χ0v) is 18.6. The van der Waals surface area contributed by atoms with E-state index in [0.29, 0.717) is 11.9 Å². The molecule has 0 bridgehead atoms. The number of unbranched alkanes of at least 4 members (excludes halogenated alkanes) is 3. The summed E-state index contributed by atoms with van der Waals surface area (Å²) in [6.07, 6.45) is 13.8. The number of anilines is 3. The number of aromatic nitrogens is 3. The minimum atomic E-state index is -0.285. The normalized spacial score (nSPS) is 20.6. The second kappa shape index (κ2) is 12.5. The average Bonchev–Trinajstić information content (AvgIpc) is 2.92. The lowest BCUT2D eigenvalue weighted by Gasteiger charge is -2.25. The fourth-order valence-corrected chi connectivity index (χ4v) is 4.08. The van der Waals surface area contributed by atoms with E-state index in [4.69, 9.17) is 9.97 Å². The molecule has 0 spiro atoms. The molecule has 168 valence electrons. The Hall–Kier alpha value is -2.12. The Morgan fingerprint density at radius 2 is 1.70 bits per heavy atom. The Kier molecular flexibility index (Phi) is 9.44. The van der Waals surface area contributed by atoms with Gasteiger partial charge in [-0.25, -0.2) is 0 Å². The Morgan fingerprint density at radius 1 is 0.933 bits per heavy atom. The number of hydrogen-bond donors (Lipinski definition) is 3. The van der Waals surface area contributed by atoms with Crippen molar-refractivity contribution in [2.75, 3.05) is 41.7 Å².